The minimum atomic E-state index is 0.132. The number of ether oxygens (including phenoxy) is 1. The van der Waals surface area contributed by atoms with E-state index in [1.54, 1.807) is 7.11 Å². The Bertz CT molecular complexity index is 428. The van der Waals surface area contributed by atoms with E-state index in [1.807, 2.05) is 26.0 Å². The third-order valence-corrected chi connectivity index (χ3v) is 3.87. The summed E-state index contributed by atoms with van der Waals surface area (Å²) in [5.41, 5.74) is 3.27. The van der Waals surface area contributed by atoms with Gasteiger partial charge in [0.05, 0.1) is 6.10 Å². The molecule has 2 rings (SSSR count). The van der Waals surface area contributed by atoms with Gasteiger partial charge in [-0.15, -0.1) is 0 Å². The predicted molar refractivity (Wildman–Crippen MR) is 77.3 cm³/mol. The van der Waals surface area contributed by atoms with Crippen molar-refractivity contribution in [2.24, 2.45) is 5.92 Å². The summed E-state index contributed by atoms with van der Waals surface area (Å²) in [6, 6.07) is 6.15. The Morgan fingerprint density at radius 2 is 1.68 bits per heavy atom. The van der Waals surface area contributed by atoms with Gasteiger partial charge < -0.3 is 10.1 Å². The average Bonchev–Trinajstić information content (AvgIpc) is 2.37. The monoisotopic (exact) mass is 261 g/mol. The van der Waals surface area contributed by atoms with Crippen molar-refractivity contribution in [3.8, 4) is 0 Å². The van der Waals surface area contributed by atoms with Crippen LogP contribution in [-0.2, 0) is 9.53 Å². The zero-order chi connectivity index (χ0) is 13.8. The van der Waals surface area contributed by atoms with E-state index in [0.717, 1.165) is 31.4 Å². The molecular weight excluding hydrogens is 238 g/mol. The van der Waals surface area contributed by atoms with Gasteiger partial charge >= 0.3 is 0 Å². The molecule has 1 aliphatic carbocycles. The number of amides is 1. The van der Waals surface area contributed by atoms with Gasteiger partial charge in [-0.1, -0.05) is 6.07 Å². The van der Waals surface area contributed by atoms with Crippen molar-refractivity contribution in [3.63, 3.8) is 0 Å². The highest BCUT2D eigenvalue weighted by Crippen LogP contribution is 2.27. The van der Waals surface area contributed by atoms with E-state index < -0.39 is 0 Å². The summed E-state index contributed by atoms with van der Waals surface area (Å²) < 4.78 is 5.34. The van der Waals surface area contributed by atoms with Gasteiger partial charge in [0.2, 0.25) is 5.91 Å². The molecule has 104 valence electrons. The van der Waals surface area contributed by atoms with E-state index >= 15 is 0 Å². The van der Waals surface area contributed by atoms with Crippen molar-refractivity contribution in [1.82, 2.24) is 0 Å². The van der Waals surface area contributed by atoms with Crippen LogP contribution in [0, 0.1) is 19.8 Å². The number of hydrogen-bond donors (Lipinski definition) is 1. The Labute approximate surface area is 115 Å². The second-order valence-corrected chi connectivity index (χ2v) is 5.57. The maximum atomic E-state index is 12.2. The molecule has 0 saturated heterocycles. The maximum Gasteiger partial charge on any atom is 0.227 e. The molecule has 0 aliphatic heterocycles. The number of benzene rings is 1. The van der Waals surface area contributed by atoms with Gasteiger partial charge in [0, 0.05) is 18.7 Å². The first-order valence-electron chi connectivity index (χ1n) is 7.00. The molecule has 1 saturated carbocycles. The fourth-order valence-corrected chi connectivity index (χ4v) is 2.85. The first-order valence-corrected chi connectivity index (χ1v) is 7.00. The first kappa shape index (κ1) is 14.1. The standard InChI is InChI=1S/C16H23NO2/c1-11-8-12(2)10-14(9-11)17-16(18)13-4-6-15(19-3)7-5-13/h8-10,13,15H,4-7H2,1-3H3,(H,17,18). The summed E-state index contributed by atoms with van der Waals surface area (Å²) in [7, 11) is 1.75. The van der Waals surface area contributed by atoms with Crippen molar-refractivity contribution in [2.75, 3.05) is 12.4 Å². The van der Waals surface area contributed by atoms with E-state index in [9.17, 15) is 4.79 Å². The van der Waals surface area contributed by atoms with Gasteiger partial charge in [-0.25, -0.2) is 0 Å². The van der Waals surface area contributed by atoms with E-state index in [4.69, 9.17) is 4.74 Å². The summed E-state index contributed by atoms with van der Waals surface area (Å²) in [4.78, 5) is 12.2. The molecule has 1 amide bonds. The van der Waals surface area contributed by atoms with Crippen LogP contribution in [0.1, 0.15) is 36.8 Å². The Hall–Kier alpha value is -1.35. The van der Waals surface area contributed by atoms with Crippen LogP contribution in [0.15, 0.2) is 18.2 Å². The van der Waals surface area contributed by atoms with E-state index in [-0.39, 0.29) is 11.8 Å². The number of hydrogen-bond acceptors (Lipinski definition) is 2. The minimum Gasteiger partial charge on any atom is -0.381 e. The third kappa shape index (κ3) is 3.80. The van der Waals surface area contributed by atoms with Crippen LogP contribution in [-0.4, -0.2) is 19.1 Å². The van der Waals surface area contributed by atoms with Crippen LogP contribution >= 0.6 is 0 Å². The number of rotatable bonds is 3. The molecule has 1 aromatic rings. The zero-order valence-electron chi connectivity index (χ0n) is 12.0. The number of anilines is 1. The fourth-order valence-electron chi connectivity index (χ4n) is 2.85. The lowest BCUT2D eigenvalue weighted by Crippen LogP contribution is -2.29. The molecule has 0 atom stereocenters. The van der Waals surface area contributed by atoms with Crippen molar-refractivity contribution in [2.45, 2.75) is 45.6 Å². The fraction of sp³-hybridized carbons (Fsp3) is 0.562. The SMILES string of the molecule is COC1CCC(C(=O)Nc2cc(C)cc(C)c2)CC1. The van der Waals surface area contributed by atoms with Gasteiger partial charge in [0.15, 0.2) is 0 Å². The van der Waals surface area contributed by atoms with E-state index in [0.29, 0.717) is 6.10 Å². The van der Waals surface area contributed by atoms with Crippen molar-refractivity contribution < 1.29 is 9.53 Å². The lowest BCUT2D eigenvalue weighted by Gasteiger charge is -2.26. The lowest BCUT2D eigenvalue weighted by atomic mass is 9.86. The summed E-state index contributed by atoms with van der Waals surface area (Å²) in [5.74, 6) is 0.284. The molecule has 1 N–H and O–H groups in total. The third-order valence-electron chi connectivity index (χ3n) is 3.87. The number of nitrogens with one attached hydrogen (secondary N) is 1. The smallest absolute Gasteiger partial charge is 0.227 e. The molecule has 0 unspecified atom stereocenters. The first-order chi connectivity index (χ1) is 9.08. The van der Waals surface area contributed by atoms with Gasteiger partial charge in [-0.3, -0.25) is 4.79 Å². The molecular formula is C16H23NO2. The van der Waals surface area contributed by atoms with Crippen molar-refractivity contribution >= 4 is 11.6 Å². The zero-order valence-corrected chi connectivity index (χ0v) is 12.0. The van der Waals surface area contributed by atoms with Gasteiger partial charge in [0.1, 0.15) is 0 Å². The summed E-state index contributed by atoms with van der Waals surface area (Å²) in [5, 5.41) is 3.05. The van der Waals surface area contributed by atoms with Crippen molar-refractivity contribution in [1.29, 1.82) is 0 Å². The second-order valence-electron chi connectivity index (χ2n) is 5.57. The topological polar surface area (TPSA) is 38.3 Å². The van der Waals surface area contributed by atoms with Crippen LogP contribution in [0.3, 0.4) is 0 Å². The highest BCUT2D eigenvalue weighted by molar-refractivity contribution is 5.92. The molecule has 3 nitrogen and oxygen atoms in total. The van der Waals surface area contributed by atoms with E-state index in [1.165, 1.54) is 11.1 Å². The van der Waals surface area contributed by atoms with Gasteiger partial charge in [-0.05, 0) is 62.8 Å². The van der Waals surface area contributed by atoms with Crippen LogP contribution in [0.25, 0.3) is 0 Å². The number of aryl methyl sites for hydroxylation is 2. The van der Waals surface area contributed by atoms with Crippen LogP contribution < -0.4 is 5.32 Å². The summed E-state index contributed by atoms with van der Waals surface area (Å²) >= 11 is 0. The van der Waals surface area contributed by atoms with Crippen molar-refractivity contribution in [3.05, 3.63) is 29.3 Å². The quantitative estimate of drug-likeness (QED) is 0.905. The Balaban J connectivity index is 1.94. The number of carbonyl (C=O) groups is 1. The van der Waals surface area contributed by atoms with Crippen LogP contribution in [0.2, 0.25) is 0 Å². The number of carbonyl (C=O) groups excluding carboxylic acids is 1. The lowest BCUT2D eigenvalue weighted by molar-refractivity contribution is -0.121. The molecule has 1 fully saturated rings. The molecule has 0 spiro atoms. The Morgan fingerprint density at radius 1 is 1.11 bits per heavy atom. The summed E-state index contributed by atoms with van der Waals surface area (Å²) in [6.45, 7) is 4.10. The number of methoxy groups -OCH3 is 1. The maximum absolute atomic E-state index is 12.2. The second kappa shape index (κ2) is 6.20. The van der Waals surface area contributed by atoms with Crippen LogP contribution in [0.5, 0.6) is 0 Å². The predicted octanol–water partition coefficient (Wildman–Crippen LogP) is 3.45. The molecule has 0 bridgehead atoms. The normalized spacial score (nSPS) is 23.1. The highest BCUT2D eigenvalue weighted by atomic mass is 16.5. The Kier molecular flexibility index (Phi) is 4.59. The molecule has 0 aromatic heterocycles. The highest BCUT2D eigenvalue weighted by Gasteiger charge is 2.26. The minimum absolute atomic E-state index is 0.132. The van der Waals surface area contributed by atoms with Crippen LogP contribution in [0.4, 0.5) is 5.69 Å². The molecule has 1 aromatic carbocycles. The van der Waals surface area contributed by atoms with Gasteiger partial charge in [0.25, 0.3) is 0 Å². The molecule has 19 heavy (non-hydrogen) atoms. The summed E-state index contributed by atoms with van der Waals surface area (Å²) in [6.07, 6.45) is 4.16. The Morgan fingerprint density at radius 3 is 2.21 bits per heavy atom. The average molecular weight is 261 g/mol. The van der Waals surface area contributed by atoms with E-state index in [2.05, 4.69) is 11.4 Å². The molecule has 1 aliphatic rings. The molecule has 0 radical (unpaired) electrons. The largest absolute Gasteiger partial charge is 0.381 e. The van der Waals surface area contributed by atoms with Gasteiger partial charge in [-0.2, -0.15) is 0 Å². The molecule has 0 heterocycles. The molecule has 3 heteroatoms.